The minimum atomic E-state index is -0.252. The quantitative estimate of drug-likeness (QED) is 0.803. The van der Waals surface area contributed by atoms with E-state index in [9.17, 15) is 5.11 Å². The summed E-state index contributed by atoms with van der Waals surface area (Å²) in [5, 5.41) is 9.94. The Morgan fingerprint density at radius 1 is 1.25 bits per heavy atom. The molecule has 3 unspecified atom stereocenters. The lowest BCUT2D eigenvalue weighted by molar-refractivity contribution is -0.0898. The van der Waals surface area contributed by atoms with Crippen molar-refractivity contribution in [2.75, 3.05) is 6.61 Å². The Bertz CT molecular complexity index is 205. The fourth-order valence-electron chi connectivity index (χ4n) is 2.39. The van der Waals surface area contributed by atoms with Crippen LogP contribution in [0.1, 0.15) is 53.9 Å². The lowest BCUT2D eigenvalue weighted by atomic mass is 9.71. The molecule has 0 aromatic carbocycles. The molecule has 1 aliphatic carbocycles. The van der Waals surface area contributed by atoms with Crippen molar-refractivity contribution in [3.8, 4) is 0 Å². The maximum absolute atomic E-state index is 9.94. The lowest BCUT2D eigenvalue weighted by Crippen LogP contribution is -2.40. The smallest absolute Gasteiger partial charge is 0.0836 e. The van der Waals surface area contributed by atoms with Crippen LogP contribution >= 0.6 is 0 Å². The molecule has 1 N–H and O–H groups in total. The van der Waals surface area contributed by atoms with Gasteiger partial charge in [0.15, 0.2) is 0 Å². The standard InChI is InChI=1S/C14H28O2/c1-10(2)9-16-13-8-11(14(3,4)5)6-7-12(13)15/h10-13,15H,6-9H2,1-5H3. The second-order valence-corrected chi connectivity index (χ2v) is 6.71. The molecule has 0 amide bonds. The van der Waals surface area contributed by atoms with Crippen molar-refractivity contribution in [1.82, 2.24) is 0 Å². The molecule has 1 rings (SSSR count). The van der Waals surface area contributed by atoms with Crippen LogP contribution < -0.4 is 0 Å². The van der Waals surface area contributed by atoms with Crippen LogP contribution in [-0.4, -0.2) is 23.9 Å². The number of rotatable bonds is 3. The van der Waals surface area contributed by atoms with Gasteiger partial charge in [0.25, 0.3) is 0 Å². The predicted molar refractivity (Wildman–Crippen MR) is 67.4 cm³/mol. The van der Waals surface area contributed by atoms with E-state index in [1.54, 1.807) is 0 Å². The summed E-state index contributed by atoms with van der Waals surface area (Å²) in [4.78, 5) is 0. The molecule has 1 saturated carbocycles. The molecule has 0 saturated heterocycles. The zero-order valence-electron chi connectivity index (χ0n) is 11.5. The fraction of sp³-hybridized carbons (Fsp3) is 1.00. The molecule has 0 aromatic heterocycles. The third kappa shape index (κ3) is 4.06. The molecule has 2 heteroatoms. The van der Waals surface area contributed by atoms with Crippen LogP contribution in [0.4, 0.5) is 0 Å². The molecule has 3 atom stereocenters. The van der Waals surface area contributed by atoms with Crippen molar-refractivity contribution in [3.05, 3.63) is 0 Å². The fourth-order valence-corrected chi connectivity index (χ4v) is 2.39. The van der Waals surface area contributed by atoms with Crippen LogP contribution in [0.3, 0.4) is 0 Å². The number of hydrogen-bond acceptors (Lipinski definition) is 2. The van der Waals surface area contributed by atoms with E-state index in [2.05, 4.69) is 34.6 Å². The van der Waals surface area contributed by atoms with Crippen LogP contribution in [0.5, 0.6) is 0 Å². The summed E-state index contributed by atoms with van der Waals surface area (Å²) in [5.41, 5.74) is 0.333. The minimum absolute atomic E-state index is 0.0559. The topological polar surface area (TPSA) is 29.5 Å². The molecular formula is C14H28O2. The van der Waals surface area contributed by atoms with Gasteiger partial charge in [-0.3, -0.25) is 0 Å². The summed E-state index contributed by atoms with van der Waals surface area (Å²) in [5.74, 6) is 1.22. The highest BCUT2D eigenvalue weighted by atomic mass is 16.5. The zero-order valence-corrected chi connectivity index (χ0v) is 11.5. The Labute approximate surface area is 100 Å². The molecule has 2 nitrogen and oxygen atoms in total. The largest absolute Gasteiger partial charge is 0.390 e. The van der Waals surface area contributed by atoms with Gasteiger partial charge in [-0.15, -0.1) is 0 Å². The van der Waals surface area contributed by atoms with Crippen LogP contribution in [0.15, 0.2) is 0 Å². The summed E-state index contributed by atoms with van der Waals surface area (Å²) in [6, 6.07) is 0. The van der Waals surface area contributed by atoms with E-state index in [0.29, 0.717) is 17.3 Å². The SMILES string of the molecule is CC(C)COC1CC(C(C)(C)C)CCC1O. The van der Waals surface area contributed by atoms with E-state index in [-0.39, 0.29) is 12.2 Å². The van der Waals surface area contributed by atoms with Crippen molar-refractivity contribution in [2.24, 2.45) is 17.3 Å². The van der Waals surface area contributed by atoms with E-state index in [0.717, 1.165) is 25.9 Å². The molecule has 0 spiro atoms. The van der Waals surface area contributed by atoms with Gasteiger partial charge in [0, 0.05) is 6.61 Å². The van der Waals surface area contributed by atoms with Crippen molar-refractivity contribution in [1.29, 1.82) is 0 Å². The van der Waals surface area contributed by atoms with Crippen molar-refractivity contribution in [3.63, 3.8) is 0 Å². The first-order valence-electron chi connectivity index (χ1n) is 6.60. The summed E-state index contributed by atoms with van der Waals surface area (Å²) < 4.78 is 5.83. The highest BCUT2D eigenvalue weighted by Crippen LogP contribution is 2.38. The Balaban J connectivity index is 2.48. The monoisotopic (exact) mass is 228 g/mol. The Morgan fingerprint density at radius 3 is 2.38 bits per heavy atom. The van der Waals surface area contributed by atoms with E-state index >= 15 is 0 Å². The molecule has 96 valence electrons. The molecule has 0 radical (unpaired) electrons. The van der Waals surface area contributed by atoms with Gasteiger partial charge in [0.05, 0.1) is 12.2 Å². The van der Waals surface area contributed by atoms with Gasteiger partial charge in [-0.1, -0.05) is 34.6 Å². The van der Waals surface area contributed by atoms with E-state index < -0.39 is 0 Å². The summed E-state index contributed by atoms with van der Waals surface area (Å²) in [6.07, 6.45) is 2.84. The number of ether oxygens (including phenoxy) is 1. The van der Waals surface area contributed by atoms with Crippen molar-refractivity contribution >= 4 is 0 Å². The minimum Gasteiger partial charge on any atom is -0.390 e. The first-order chi connectivity index (χ1) is 7.30. The lowest BCUT2D eigenvalue weighted by Gasteiger charge is -2.40. The van der Waals surface area contributed by atoms with Crippen molar-refractivity contribution in [2.45, 2.75) is 66.1 Å². The molecule has 16 heavy (non-hydrogen) atoms. The van der Waals surface area contributed by atoms with Gasteiger partial charge in [-0.05, 0) is 36.5 Å². The zero-order chi connectivity index (χ0) is 12.3. The van der Waals surface area contributed by atoms with Crippen LogP contribution in [0.25, 0.3) is 0 Å². The third-order valence-corrected chi connectivity index (χ3v) is 3.63. The highest BCUT2D eigenvalue weighted by Gasteiger charge is 2.35. The highest BCUT2D eigenvalue weighted by molar-refractivity contribution is 4.86. The van der Waals surface area contributed by atoms with Crippen LogP contribution in [-0.2, 0) is 4.74 Å². The van der Waals surface area contributed by atoms with Gasteiger partial charge in [0.1, 0.15) is 0 Å². The Hall–Kier alpha value is -0.0800. The first-order valence-corrected chi connectivity index (χ1v) is 6.60. The Kier molecular flexibility index (Phi) is 4.81. The molecule has 0 bridgehead atoms. The second-order valence-electron chi connectivity index (χ2n) is 6.71. The van der Waals surface area contributed by atoms with Gasteiger partial charge >= 0.3 is 0 Å². The predicted octanol–water partition coefficient (Wildman–Crippen LogP) is 3.23. The number of hydrogen-bond donors (Lipinski definition) is 1. The van der Waals surface area contributed by atoms with Crippen molar-refractivity contribution < 1.29 is 9.84 Å². The number of aliphatic hydroxyl groups excluding tert-OH is 1. The van der Waals surface area contributed by atoms with E-state index in [1.807, 2.05) is 0 Å². The first kappa shape index (κ1) is 14.0. The summed E-state index contributed by atoms with van der Waals surface area (Å²) >= 11 is 0. The second kappa shape index (κ2) is 5.50. The normalized spacial score (nSPS) is 32.1. The average molecular weight is 228 g/mol. The molecule has 0 aliphatic heterocycles. The average Bonchev–Trinajstić information content (AvgIpc) is 2.14. The van der Waals surface area contributed by atoms with Gasteiger partial charge in [0.2, 0.25) is 0 Å². The Morgan fingerprint density at radius 2 is 1.88 bits per heavy atom. The van der Waals surface area contributed by atoms with Gasteiger partial charge < -0.3 is 9.84 Å². The summed E-state index contributed by atoms with van der Waals surface area (Å²) in [7, 11) is 0. The summed E-state index contributed by atoms with van der Waals surface area (Å²) in [6.45, 7) is 11.9. The molecule has 1 aliphatic rings. The van der Waals surface area contributed by atoms with Gasteiger partial charge in [-0.2, -0.15) is 0 Å². The van der Waals surface area contributed by atoms with E-state index in [4.69, 9.17) is 4.74 Å². The van der Waals surface area contributed by atoms with Crippen LogP contribution in [0.2, 0.25) is 0 Å². The van der Waals surface area contributed by atoms with Crippen LogP contribution in [0, 0.1) is 17.3 Å². The molecule has 0 heterocycles. The van der Waals surface area contributed by atoms with Gasteiger partial charge in [-0.25, -0.2) is 0 Å². The molecular weight excluding hydrogens is 200 g/mol. The maximum atomic E-state index is 9.94. The molecule has 1 fully saturated rings. The van der Waals surface area contributed by atoms with E-state index in [1.165, 1.54) is 0 Å². The molecule has 0 aromatic rings. The maximum Gasteiger partial charge on any atom is 0.0836 e. The third-order valence-electron chi connectivity index (χ3n) is 3.63. The number of aliphatic hydroxyl groups is 1.